The van der Waals surface area contributed by atoms with Crippen LogP contribution in [0.15, 0.2) is 22.9 Å². The van der Waals surface area contributed by atoms with Crippen LogP contribution in [0.5, 0.6) is 0 Å². The Morgan fingerprint density at radius 1 is 1.39 bits per heavy atom. The van der Waals surface area contributed by atoms with Gasteiger partial charge in [-0.15, -0.1) is 0 Å². The molecule has 96 valence electrons. The predicted octanol–water partition coefficient (Wildman–Crippen LogP) is 2.33. The topological polar surface area (TPSA) is 56.0 Å². The van der Waals surface area contributed by atoms with Gasteiger partial charge in [0.2, 0.25) is 0 Å². The molecular formula is C14H17BrN2O. The third kappa shape index (κ3) is 2.12. The standard InChI is InChI=1S/C14H17BrN2O/c15-11-3-8(6-17-7-11)4-12(18)13-9-1-2-10(5-9)14(13)16/h3,6-7,9-10,13-14H,1-2,4-5,16H2. The molecule has 4 atom stereocenters. The summed E-state index contributed by atoms with van der Waals surface area (Å²) >= 11 is 3.38. The van der Waals surface area contributed by atoms with Gasteiger partial charge in [0.25, 0.3) is 0 Å². The minimum absolute atomic E-state index is 0.0859. The average molecular weight is 309 g/mol. The second kappa shape index (κ2) is 4.74. The summed E-state index contributed by atoms with van der Waals surface area (Å²) in [5.74, 6) is 1.51. The van der Waals surface area contributed by atoms with Gasteiger partial charge in [-0.3, -0.25) is 9.78 Å². The van der Waals surface area contributed by atoms with Gasteiger partial charge in [0.1, 0.15) is 5.78 Å². The molecule has 0 radical (unpaired) electrons. The zero-order chi connectivity index (χ0) is 12.7. The summed E-state index contributed by atoms with van der Waals surface area (Å²) in [5, 5.41) is 0. The van der Waals surface area contributed by atoms with E-state index in [1.54, 1.807) is 12.4 Å². The van der Waals surface area contributed by atoms with Crippen molar-refractivity contribution in [3.63, 3.8) is 0 Å². The van der Waals surface area contributed by atoms with Crippen LogP contribution in [0, 0.1) is 17.8 Å². The SMILES string of the molecule is NC1C2CCC(C2)C1C(=O)Cc1cncc(Br)c1. The van der Waals surface area contributed by atoms with Crippen molar-refractivity contribution in [3.05, 3.63) is 28.5 Å². The molecule has 0 aliphatic heterocycles. The Morgan fingerprint density at radius 2 is 2.17 bits per heavy atom. The molecule has 2 aliphatic carbocycles. The number of carbonyl (C=O) groups is 1. The lowest BCUT2D eigenvalue weighted by molar-refractivity contribution is -0.124. The zero-order valence-electron chi connectivity index (χ0n) is 10.2. The Bertz CT molecular complexity index is 475. The van der Waals surface area contributed by atoms with Crippen molar-refractivity contribution >= 4 is 21.7 Å². The highest BCUT2D eigenvalue weighted by atomic mass is 79.9. The number of nitrogens with zero attached hydrogens (tertiary/aromatic N) is 1. The molecule has 1 heterocycles. The lowest BCUT2D eigenvalue weighted by atomic mass is 9.80. The van der Waals surface area contributed by atoms with E-state index in [9.17, 15) is 4.79 Å². The number of fused-ring (bicyclic) bond motifs is 2. The maximum atomic E-state index is 12.4. The highest BCUT2D eigenvalue weighted by Crippen LogP contribution is 2.48. The molecule has 18 heavy (non-hydrogen) atoms. The average Bonchev–Trinajstić information content (AvgIpc) is 2.89. The normalized spacial score (nSPS) is 33.9. The van der Waals surface area contributed by atoms with Crippen molar-refractivity contribution in [2.45, 2.75) is 31.7 Å². The smallest absolute Gasteiger partial charge is 0.142 e. The van der Waals surface area contributed by atoms with Crippen LogP contribution in [-0.4, -0.2) is 16.8 Å². The largest absolute Gasteiger partial charge is 0.327 e. The first-order chi connectivity index (χ1) is 8.65. The van der Waals surface area contributed by atoms with Gasteiger partial charge in [0.15, 0.2) is 0 Å². The Balaban J connectivity index is 1.72. The number of rotatable bonds is 3. The maximum absolute atomic E-state index is 12.4. The minimum Gasteiger partial charge on any atom is -0.327 e. The van der Waals surface area contributed by atoms with Crippen LogP contribution in [0.1, 0.15) is 24.8 Å². The Labute approximate surface area is 115 Å². The van der Waals surface area contributed by atoms with E-state index in [4.69, 9.17) is 5.73 Å². The number of aromatic nitrogens is 1. The van der Waals surface area contributed by atoms with Crippen LogP contribution >= 0.6 is 15.9 Å². The van der Waals surface area contributed by atoms with Gasteiger partial charge in [-0.25, -0.2) is 0 Å². The Hall–Kier alpha value is -0.740. The summed E-state index contributed by atoms with van der Waals surface area (Å²) in [6, 6.07) is 2.06. The van der Waals surface area contributed by atoms with Crippen LogP contribution in [0.4, 0.5) is 0 Å². The van der Waals surface area contributed by atoms with Crippen molar-refractivity contribution in [2.75, 3.05) is 0 Å². The van der Waals surface area contributed by atoms with E-state index < -0.39 is 0 Å². The Kier molecular flexibility index (Phi) is 3.24. The minimum atomic E-state index is 0.0859. The van der Waals surface area contributed by atoms with E-state index in [2.05, 4.69) is 20.9 Å². The summed E-state index contributed by atoms with van der Waals surface area (Å²) in [4.78, 5) is 16.5. The molecule has 2 fully saturated rings. The summed E-state index contributed by atoms with van der Waals surface area (Å²) in [5.41, 5.74) is 7.18. The van der Waals surface area contributed by atoms with Crippen molar-refractivity contribution in [1.82, 2.24) is 4.98 Å². The molecule has 1 aromatic heterocycles. The fourth-order valence-corrected chi connectivity index (χ4v) is 4.10. The molecule has 2 aliphatic rings. The molecule has 0 aromatic carbocycles. The molecule has 0 spiro atoms. The molecule has 2 bridgehead atoms. The number of carbonyl (C=O) groups excluding carboxylic acids is 1. The summed E-state index contributed by atoms with van der Waals surface area (Å²) in [6.45, 7) is 0. The van der Waals surface area contributed by atoms with Crippen LogP contribution in [0.25, 0.3) is 0 Å². The van der Waals surface area contributed by atoms with Crippen molar-refractivity contribution in [2.24, 2.45) is 23.5 Å². The molecule has 4 unspecified atom stereocenters. The molecule has 0 amide bonds. The summed E-state index contributed by atoms with van der Waals surface area (Å²) < 4.78 is 0.921. The van der Waals surface area contributed by atoms with E-state index in [1.807, 2.05) is 6.07 Å². The van der Waals surface area contributed by atoms with E-state index in [0.717, 1.165) is 16.5 Å². The van der Waals surface area contributed by atoms with E-state index >= 15 is 0 Å². The van der Waals surface area contributed by atoms with Crippen molar-refractivity contribution in [3.8, 4) is 0 Å². The second-order valence-corrected chi connectivity index (χ2v) is 6.51. The second-order valence-electron chi connectivity index (χ2n) is 5.59. The first kappa shape index (κ1) is 12.3. The number of halogens is 1. The fourth-order valence-electron chi connectivity index (χ4n) is 3.69. The number of ketones is 1. The van der Waals surface area contributed by atoms with Gasteiger partial charge in [0, 0.05) is 35.2 Å². The molecule has 2 saturated carbocycles. The molecule has 0 saturated heterocycles. The number of nitrogens with two attached hydrogens (primary N) is 1. The van der Waals surface area contributed by atoms with Crippen molar-refractivity contribution < 1.29 is 4.79 Å². The summed E-state index contributed by atoms with van der Waals surface area (Å²) in [7, 11) is 0. The zero-order valence-corrected chi connectivity index (χ0v) is 11.8. The third-order valence-corrected chi connectivity index (χ3v) is 4.93. The highest BCUT2D eigenvalue weighted by Gasteiger charge is 2.48. The number of pyridine rings is 1. The fraction of sp³-hybridized carbons (Fsp3) is 0.571. The highest BCUT2D eigenvalue weighted by molar-refractivity contribution is 9.10. The predicted molar refractivity (Wildman–Crippen MR) is 72.9 cm³/mol. The first-order valence-electron chi connectivity index (χ1n) is 6.53. The van der Waals surface area contributed by atoms with Crippen LogP contribution in [0.3, 0.4) is 0 Å². The van der Waals surface area contributed by atoms with E-state index in [1.165, 1.54) is 12.8 Å². The van der Waals surface area contributed by atoms with Gasteiger partial charge in [-0.2, -0.15) is 0 Å². The Morgan fingerprint density at radius 3 is 2.83 bits per heavy atom. The first-order valence-corrected chi connectivity index (χ1v) is 7.32. The lowest BCUT2D eigenvalue weighted by Gasteiger charge is -2.26. The van der Waals surface area contributed by atoms with Crippen LogP contribution in [0.2, 0.25) is 0 Å². The van der Waals surface area contributed by atoms with Gasteiger partial charge in [-0.05, 0) is 58.7 Å². The van der Waals surface area contributed by atoms with E-state index in [0.29, 0.717) is 24.0 Å². The van der Waals surface area contributed by atoms with Crippen molar-refractivity contribution in [1.29, 1.82) is 0 Å². The number of hydrogen-bond donors (Lipinski definition) is 1. The number of hydrogen-bond acceptors (Lipinski definition) is 3. The van der Waals surface area contributed by atoms with Gasteiger partial charge in [0.05, 0.1) is 0 Å². The lowest BCUT2D eigenvalue weighted by Crippen LogP contribution is -2.40. The van der Waals surface area contributed by atoms with Crippen LogP contribution in [-0.2, 0) is 11.2 Å². The molecule has 1 aromatic rings. The van der Waals surface area contributed by atoms with Gasteiger partial charge < -0.3 is 5.73 Å². The molecule has 4 heteroatoms. The van der Waals surface area contributed by atoms with Gasteiger partial charge >= 0.3 is 0 Å². The molecule has 3 nitrogen and oxygen atoms in total. The van der Waals surface area contributed by atoms with E-state index in [-0.39, 0.29) is 12.0 Å². The van der Waals surface area contributed by atoms with Gasteiger partial charge in [-0.1, -0.05) is 0 Å². The summed E-state index contributed by atoms with van der Waals surface area (Å²) in [6.07, 6.45) is 7.53. The molecular weight excluding hydrogens is 292 g/mol. The van der Waals surface area contributed by atoms with Crippen LogP contribution < -0.4 is 5.73 Å². The number of Topliss-reactive ketones (excluding diaryl/α,β-unsaturated/α-hetero) is 1. The molecule has 2 N–H and O–H groups in total. The maximum Gasteiger partial charge on any atom is 0.142 e. The third-order valence-electron chi connectivity index (χ3n) is 4.49. The quantitative estimate of drug-likeness (QED) is 0.932. The molecule has 3 rings (SSSR count). The monoisotopic (exact) mass is 308 g/mol.